The molecule has 1 unspecified atom stereocenters. The van der Waals surface area contributed by atoms with Crippen molar-refractivity contribution in [3.8, 4) is 0 Å². The summed E-state index contributed by atoms with van der Waals surface area (Å²) in [6.45, 7) is 5.70. The zero-order chi connectivity index (χ0) is 16.8. The van der Waals surface area contributed by atoms with Gasteiger partial charge in [0.1, 0.15) is 0 Å². The van der Waals surface area contributed by atoms with Crippen LogP contribution in [0.25, 0.3) is 0 Å². The van der Waals surface area contributed by atoms with Gasteiger partial charge in [-0.2, -0.15) is 4.67 Å². The van der Waals surface area contributed by atoms with Crippen LogP contribution in [0, 0.1) is 0 Å². The molecular weight excluding hydrogens is 293 g/mol. The molecule has 0 spiro atoms. The van der Waals surface area contributed by atoms with E-state index in [4.69, 9.17) is 5.26 Å². The van der Waals surface area contributed by atoms with E-state index in [1.165, 1.54) is 32.2 Å². The Kier molecular flexibility index (Phi) is 15.2. The van der Waals surface area contributed by atoms with Crippen LogP contribution in [-0.2, 0) is 13.8 Å². The molecule has 21 heavy (non-hydrogen) atoms. The van der Waals surface area contributed by atoms with Crippen molar-refractivity contribution in [1.29, 1.82) is 0 Å². The molecule has 130 valence electrons. The van der Waals surface area contributed by atoms with Crippen molar-refractivity contribution in [3.05, 3.63) is 0 Å². The van der Waals surface area contributed by atoms with Crippen LogP contribution in [0.3, 0.4) is 0 Å². The van der Waals surface area contributed by atoms with Gasteiger partial charge >= 0.3 is 0 Å². The third kappa shape index (κ3) is 22.5. The monoisotopic (exact) mass is 327 g/mol. The number of hydrogen-bond acceptors (Lipinski definition) is 5. The molecule has 0 heterocycles. The quantitative estimate of drug-likeness (QED) is 0.207. The van der Waals surface area contributed by atoms with Gasteiger partial charge in [-0.1, -0.05) is 46.0 Å². The fourth-order valence-electron chi connectivity index (χ4n) is 1.75. The average molecular weight is 327 g/mol. The molecule has 0 aromatic rings. The lowest BCUT2D eigenvalue weighted by Crippen LogP contribution is -2.34. The van der Waals surface area contributed by atoms with Gasteiger partial charge in [0.15, 0.2) is 0 Å². The highest BCUT2D eigenvalue weighted by Crippen LogP contribution is 2.36. The van der Waals surface area contributed by atoms with Gasteiger partial charge in [0, 0.05) is 0 Å². The van der Waals surface area contributed by atoms with Crippen molar-refractivity contribution < 1.29 is 28.4 Å². The Balaban J connectivity index is 0. The number of quaternary nitrogens is 1. The third-order valence-corrected chi connectivity index (χ3v) is 3.44. The topological polar surface area (TPSA) is 78.8 Å². The van der Waals surface area contributed by atoms with Crippen molar-refractivity contribution in [3.63, 3.8) is 0 Å². The lowest BCUT2D eigenvalue weighted by molar-refractivity contribution is -0.870. The summed E-state index contributed by atoms with van der Waals surface area (Å²) in [7, 11) is 2.21. The zero-order valence-corrected chi connectivity index (χ0v) is 15.2. The molecule has 0 fully saturated rings. The minimum atomic E-state index is -4.43. The van der Waals surface area contributed by atoms with Crippen LogP contribution in [0.15, 0.2) is 0 Å². The summed E-state index contributed by atoms with van der Waals surface area (Å²) in [6.07, 6.45) is 7.53. The molecule has 0 aliphatic carbocycles. The van der Waals surface area contributed by atoms with E-state index in [1.54, 1.807) is 0 Å². The average Bonchev–Trinajstić information content (AvgIpc) is 2.37. The predicted molar refractivity (Wildman–Crippen MR) is 83.8 cm³/mol. The molecule has 0 saturated heterocycles. The van der Waals surface area contributed by atoms with E-state index in [9.17, 15) is 9.46 Å². The van der Waals surface area contributed by atoms with Crippen molar-refractivity contribution in [2.45, 2.75) is 58.8 Å². The second-order valence-electron chi connectivity index (χ2n) is 6.14. The van der Waals surface area contributed by atoms with E-state index in [-0.39, 0.29) is 6.61 Å². The number of nitrogens with zero attached hydrogens (tertiary/aromatic N) is 1. The molecule has 6 nitrogen and oxygen atoms in total. The summed E-state index contributed by atoms with van der Waals surface area (Å²) < 4.78 is 19.0. The Labute approximate surface area is 130 Å². The number of phosphoric ester groups is 1. The van der Waals surface area contributed by atoms with E-state index < -0.39 is 7.82 Å². The fraction of sp³-hybridized carbons (Fsp3) is 1.00. The standard InChI is InChI=1S/C8H19O5P.C6H16N/c1-2-3-4-5-6-7-8-12-14(10,11)13-9;1-5-6-7(2,3)4/h9H,2-8H2,1H3,(H,10,11);5-6H2,1-4H3/q;+1/p-1. The highest BCUT2D eigenvalue weighted by atomic mass is 31.2. The molecular formula is C14H34NO5P. The summed E-state index contributed by atoms with van der Waals surface area (Å²) in [5.74, 6) is 0. The Morgan fingerprint density at radius 3 is 1.90 bits per heavy atom. The van der Waals surface area contributed by atoms with Gasteiger partial charge in [0.05, 0.1) is 34.3 Å². The molecule has 0 radical (unpaired) electrons. The molecule has 0 aromatic heterocycles. The highest BCUT2D eigenvalue weighted by molar-refractivity contribution is 7.45. The molecule has 0 bridgehead atoms. The zero-order valence-electron chi connectivity index (χ0n) is 14.3. The number of phosphoric acid groups is 1. The van der Waals surface area contributed by atoms with Gasteiger partial charge in [-0.25, -0.2) is 5.26 Å². The highest BCUT2D eigenvalue weighted by Gasteiger charge is 2.06. The van der Waals surface area contributed by atoms with Crippen LogP contribution >= 0.6 is 7.82 Å². The fourth-order valence-corrected chi connectivity index (χ4v) is 2.15. The number of hydrogen-bond donors (Lipinski definition) is 1. The van der Waals surface area contributed by atoms with E-state index >= 15 is 0 Å². The smallest absolute Gasteiger partial charge is 0.297 e. The van der Waals surface area contributed by atoms with E-state index in [0.717, 1.165) is 17.3 Å². The summed E-state index contributed by atoms with van der Waals surface area (Å²) in [4.78, 5) is 10.5. The van der Waals surface area contributed by atoms with Crippen LogP contribution in [0.4, 0.5) is 0 Å². The maximum Gasteiger partial charge on any atom is 0.297 e. The first-order chi connectivity index (χ1) is 9.68. The molecule has 0 rings (SSSR count). The summed E-state index contributed by atoms with van der Waals surface area (Å²) in [6, 6.07) is 0. The molecule has 0 aromatic carbocycles. The largest absolute Gasteiger partial charge is 0.754 e. The molecule has 0 saturated carbocycles. The molecule has 1 N–H and O–H groups in total. The van der Waals surface area contributed by atoms with E-state index in [2.05, 4.69) is 44.2 Å². The van der Waals surface area contributed by atoms with Gasteiger partial charge < -0.3 is 13.9 Å². The molecule has 0 aliphatic heterocycles. The van der Waals surface area contributed by atoms with E-state index in [1.807, 2.05) is 0 Å². The van der Waals surface area contributed by atoms with Crippen LogP contribution in [0.5, 0.6) is 0 Å². The SMILES string of the molecule is CCCCCCCCOP(=O)([O-])OO.CCC[N+](C)(C)C. The maximum atomic E-state index is 10.5. The van der Waals surface area contributed by atoms with Gasteiger partial charge in [-0.05, 0) is 12.8 Å². The van der Waals surface area contributed by atoms with Crippen molar-refractivity contribution in [1.82, 2.24) is 0 Å². The molecule has 0 amide bonds. The summed E-state index contributed by atoms with van der Waals surface area (Å²) >= 11 is 0. The van der Waals surface area contributed by atoms with Crippen LogP contribution in [0.2, 0.25) is 0 Å². The van der Waals surface area contributed by atoms with Crippen molar-refractivity contribution in [2.75, 3.05) is 34.3 Å². The lowest BCUT2D eigenvalue weighted by Gasteiger charge is -2.22. The second kappa shape index (κ2) is 13.7. The van der Waals surface area contributed by atoms with Crippen LogP contribution in [-0.4, -0.2) is 44.0 Å². The Morgan fingerprint density at radius 1 is 1.00 bits per heavy atom. The van der Waals surface area contributed by atoms with E-state index in [0.29, 0.717) is 6.42 Å². The summed E-state index contributed by atoms with van der Waals surface area (Å²) in [5.41, 5.74) is 0. The van der Waals surface area contributed by atoms with Gasteiger partial charge in [-0.3, -0.25) is 4.57 Å². The van der Waals surface area contributed by atoms with Crippen LogP contribution < -0.4 is 4.89 Å². The number of unbranched alkanes of at least 4 members (excludes halogenated alkanes) is 5. The first-order valence-electron chi connectivity index (χ1n) is 7.77. The summed E-state index contributed by atoms with van der Waals surface area (Å²) in [5, 5.41) is 7.87. The predicted octanol–water partition coefficient (Wildman–Crippen LogP) is 3.42. The van der Waals surface area contributed by atoms with Gasteiger partial charge in [0.2, 0.25) is 0 Å². The minimum Gasteiger partial charge on any atom is -0.754 e. The minimum absolute atomic E-state index is 0.0768. The van der Waals surface area contributed by atoms with Crippen LogP contribution in [0.1, 0.15) is 58.8 Å². The second-order valence-corrected chi connectivity index (χ2v) is 7.46. The molecule has 7 heteroatoms. The maximum absolute atomic E-state index is 10.5. The Bertz CT molecular complexity index is 269. The number of rotatable bonds is 11. The van der Waals surface area contributed by atoms with Crippen molar-refractivity contribution >= 4 is 7.82 Å². The lowest BCUT2D eigenvalue weighted by atomic mass is 10.1. The van der Waals surface area contributed by atoms with Gasteiger partial charge in [0.25, 0.3) is 7.82 Å². The Morgan fingerprint density at radius 2 is 1.52 bits per heavy atom. The third-order valence-electron chi connectivity index (χ3n) is 2.74. The molecule has 0 aliphatic rings. The van der Waals surface area contributed by atoms with Gasteiger partial charge in [-0.15, -0.1) is 0 Å². The Hall–Kier alpha value is 0.0300. The normalized spacial score (nSPS) is 14.2. The molecule has 1 atom stereocenters. The first-order valence-corrected chi connectivity index (χ1v) is 9.23. The van der Waals surface area contributed by atoms with Crippen molar-refractivity contribution in [2.24, 2.45) is 0 Å². The first kappa shape index (κ1) is 23.3.